The molecule has 1 unspecified atom stereocenters. The average Bonchev–Trinajstić information content (AvgIpc) is 3.00. The van der Waals surface area contributed by atoms with Crippen LogP contribution in [0.1, 0.15) is 35.1 Å². The van der Waals surface area contributed by atoms with Crippen molar-refractivity contribution >= 4 is 28.7 Å². The van der Waals surface area contributed by atoms with Gasteiger partial charge < -0.3 is 15.8 Å². The largest absolute Gasteiger partial charge is 0.462 e. The predicted molar refractivity (Wildman–Crippen MR) is 85.8 cm³/mol. The Morgan fingerprint density at radius 2 is 2.33 bits per heavy atom. The van der Waals surface area contributed by atoms with Crippen LogP contribution < -0.4 is 11.1 Å². The van der Waals surface area contributed by atoms with Crippen molar-refractivity contribution in [3.63, 3.8) is 0 Å². The summed E-state index contributed by atoms with van der Waals surface area (Å²) in [6, 6.07) is 5.29. The van der Waals surface area contributed by atoms with Crippen LogP contribution >= 0.6 is 11.3 Å². The summed E-state index contributed by atoms with van der Waals surface area (Å²) in [7, 11) is 0. The lowest BCUT2D eigenvalue weighted by molar-refractivity contribution is 0.0527. The fraction of sp³-hybridized carbons (Fsp3) is 0.333. The number of nitrogens with one attached hydrogen (secondary N) is 1. The maximum atomic E-state index is 11.8. The molecule has 0 radical (unpaired) electrons. The van der Waals surface area contributed by atoms with Crippen molar-refractivity contribution in [1.29, 1.82) is 0 Å². The number of carbonyl (C=O) groups excluding carboxylic acids is 1. The molecule has 0 saturated carbocycles. The van der Waals surface area contributed by atoms with Crippen LogP contribution in [0, 0.1) is 0 Å². The monoisotopic (exact) mass is 305 g/mol. The number of nitrogens with two attached hydrogens (primary N) is 1. The van der Waals surface area contributed by atoms with Gasteiger partial charge in [0.05, 0.1) is 17.2 Å². The predicted octanol–water partition coefficient (Wildman–Crippen LogP) is 3.12. The van der Waals surface area contributed by atoms with Gasteiger partial charge in [0, 0.05) is 35.4 Å². The third-order valence-electron chi connectivity index (χ3n) is 3.03. The molecule has 2 rings (SSSR count). The van der Waals surface area contributed by atoms with E-state index in [1.54, 1.807) is 36.6 Å². The van der Waals surface area contributed by atoms with Gasteiger partial charge in [0.1, 0.15) is 0 Å². The van der Waals surface area contributed by atoms with Crippen molar-refractivity contribution in [2.45, 2.75) is 19.8 Å². The summed E-state index contributed by atoms with van der Waals surface area (Å²) in [4.78, 5) is 16.1. The normalized spacial score (nSPS) is 11.9. The zero-order valence-electron chi connectivity index (χ0n) is 12.1. The highest BCUT2D eigenvalue weighted by Gasteiger charge is 2.12. The standard InChI is InChI=1S/C15H19N3O2S/c1-3-20-15(19)12-8-11(4-5-13(12)16)18-9-10(2)14-17-6-7-21-14/h4-8,10,18H,3,9,16H2,1-2H3. The molecule has 0 amide bonds. The molecule has 0 fully saturated rings. The van der Waals surface area contributed by atoms with Crippen molar-refractivity contribution < 1.29 is 9.53 Å². The molecule has 21 heavy (non-hydrogen) atoms. The number of nitrogens with zero attached hydrogens (tertiary/aromatic N) is 1. The van der Waals surface area contributed by atoms with Gasteiger partial charge in [-0.25, -0.2) is 9.78 Å². The first-order chi connectivity index (χ1) is 10.1. The first-order valence-corrected chi connectivity index (χ1v) is 7.69. The SMILES string of the molecule is CCOC(=O)c1cc(NCC(C)c2nccs2)ccc1N. The number of hydrogen-bond donors (Lipinski definition) is 2. The van der Waals surface area contributed by atoms with Crippen molar-refractivity contribution in [3.8, 4) is 0 Å². The Morgan fingerprint density at radius 3 is 3.00 bits per heavy atom. The lowest BCUT2D eigenvalue weighted by atomic mass is 10.1. The van der Waals surface area contributed by atoms with Gasteiger partial charge in [0.25, 0.3) is 0 Å². The second kappa shape index (κ2) is 7.08. The minimum Gasteiger partial charge on any atom is -0.462 e. The molecule has 0 bridgehead atoms. The van der Waals surface area contributed by atoms with Gasteiger partial charge in [-0.3, -0.25) is 0 Å². The highest BCUT2D eigenvalue weighted by atomic mass is 32.1. The van der Waals surface area contributed by atoms with E-state index in [1.165, 1.54) is 0 Å². The number of hydrogen-bond acceptors (Lipinski definition) is 6. The molecular formula is C15H19N3O2S. The number of ether oxygens (including phenoxy) is 1. The second-order valence-electron chi connectivity index (χ2n) is 4.67. The summed E-state index contributed by atoms with van der Waals surface area (Å²) >= 11 is 1.64. The Balaban J connectivity index is 2.04. The maximum absolute atomic E-state index is 11.8. The van der Waals surface area contributed by atoms with Crippen LogP contribution in [0.3, 0.4) is 0 Å². The number of aromatic nitrogens is 1. The van der Waals surface area contributed by atoms with Gasteiger partial charge in [-0.1, -0.05) is 6.92 Å². The molecule has 1 aromatic carbocycles. The fourth-order valence-electron chi connectivity index (χ4n) is 1.89. The Kier molecular flexibility index (Phi) is 5.16. The van der Waals surface area contributed by atoms with E-state index in [-0.39, 0.29) is 0 Å². The molecule has 5 nitrogen and oxygen atoms in total. The van der Waals surface area contributed by atoms with Crippen LogP contribution in [0.25, 0.3) is 0 Å². The summed E-state index contributed by atoms with van der Waals surface area (Å²) in [6.07, 6.45) is 1.80. The van der Waals surface area contributed by atoms with E-state index in [0.717, 1.165) is 17.2 Å². The van der Waals surface area contributed by atoms with E-state index in [9.17, 15) is 4.79 Å². The molecule has 1 aromatic heterocycles. The zero-order chi connectivity index (χ0) is 15.2. The van der Waals surface area contributed by atoms with Gasteiger partial charge in [0.15, 0.2) is 0 Å². The van der Waals surface area contributed by atoms with Crippen LogP contribution in [0.4, 0.5) is 11.4 Å². The Labute approximate surface area is 128 Å². The van der Waals surface area contributed by atoms with Crippen molar-refractivity contribution in [1.82, 2.24) is 4.98 Å². The lowest BCUT2D eigenvalue weighted by Crippen LogP contribution is -2.12. The summed E-state index contributed by atoms with van der Waals surface area (Å²) in [5, 5.41) is 6.35. The first kappa shape index (κ1) is 15.3. The molecule has 3 N–H and O–H groups in total. The Bertz CT molecular complexity index is 599. The summed E-state index contributed by atoms with van der Waals surface area (Å²) in [5.41, 5.74) is 7.48. The molecule has 2 aromatic rings. The van der Waals surface area contributed by atoms with Crippen LogP contribution in [0.2, 0.25) is 0 Å². The van der Waals surface area contributed by atoms with Crippen LogP contribution in [-0.2, 0) is 4.74 Å². The Morgan fingerprint density at radius 1 is 1.52 bits per heavy atom. The smallest absolute Gasteiger partial charge is 0.340 e. The number of esters is 1. The highest BCUT2D eigenvalue weighted by Crippen LogP contribution is 2.21. The molecule has 6 heteroatoms. The zero-order valence-corrected chi connectivity index (χ0v) is 12.9. The van der Waals surface area contributed by atoms with Crippen LogP contribution in [0.5, 0.6) is 0 Å². The molecule has 0 saturated heterocycles. The number of rotatable bonds is 6. The molecule has 0 aliphatic carbocycles. The maximum Gasteiger partial charge on any atom is 0.340 e. The van der Waals surface area contributed by atoms with E-state index in [0.29, 0.717) is 23.8 Å². The van der Waals surface area contributed by atoms with Gasteiger partial charge >= 0.3 is 5.97 Å². The molecule has 1 atom stereocenters. The van der Waals surface area contributed by atoms with Crippen LogP contribution in [0.15, 0.2) is 29.8 Å². The second-order valence-corrected chi connectivity index (χ2v) is 5.60. The van der Waals surface area contributed by atoms with Gasteiger partial charge in [-0.05, 0) is 25.1 Å². The Hall–Kier alpha value is -2.08. The quantitative estimate of drug-likeness (QED) is 0.633. The van der Waals surface area contributed by atoms with Crippen molar-refractivity contribution in [2.24, 2.45) is 0 Å². The number of benzene rings is 1. The number of thiazole rings is 1. The average molecular weight is 305 g/mol. The summed E-state index contributed by atoms with van der Waals surface area (Å²) in [6.45, 7) is 4.94. The van der Waals surface area contributed by atoms with Crippen molar-refractivity contribution in [3.05, 3.63) is 40.3 Å². The van der Waals surface area contributed by atoms with E-state index in [2.05, 4.69) is 17.2 Å². The van der Waals surface area contributed by atoms with E-state index >= 15 is 0 Å². The molecule has 0 aliphatic rings. The minimum atomic E-state index is -0.397. The number of nitrogen functional groups attached to an aromatic ring is 1. The summed E-state index contributed by atoms with van der Waals surface area (Å²) < 4.78 is 4.99. The van der Waals surface area contributed by atoms with Gasteiger partial charge in [0.2, 0.25) is 0 Å². The van der Waals surface area contributed by atoms with Crippen LogP contribution in [-0.4, -0.2) is 24.1 Å². The summed E-state index contributed by atoms with van der Waals surface area (Å²) in [5.74, 6) is -0.0970. The molecule has 1 heterocycles. The number of anilines is 2. The van der Waals surface area contributed by atoms with E-state index in [1.807, 2.05) is 11.4 Å². The molecule has 0 spiro atoms. The first-order valence-electron chi connectivity index (χ1n) is 6.81. The number of carbonyl (C=O) groups is 1. The third kappa shape index (κ3) is 3.95. The lowest BCUT2D eigenvalue weighted by Gasteiger charge is -2.13. The highest BCUT2D eigenvalue weighted by molar-refractivity contribution is 7.09. The topological polar surface area (TPSA) is 77.2 Å². The fourth-order valence-corrected chi connectivity index (χ4v) is 2.59. The van der Waals surface area contributed by atoms with E-state index in [4.69, 9.17) is 10.5 Å². The van der Waals surface area contributed by atoms with E-state index < -0.39 is 5.97 Å². The minimum absolute atomic E-state index is 0.300. The van der Waals surface area contributed by atoms with Gasteiger partial charge in [-0.2, -0.15) is 0 Å². The van der Waals surface area contributed by atoms with Crippen molar-refractivity contribution in [2.75, 3.05) is 24.2 Å². The third-order valence-corrected chi connectivity index (χ3v) is 4.04. The van der Waals surface area contributed by atoms with Gasteiger partial charge in [-0.15, -0.1) is 11.3 Å². The molecular weight excluding hydrogens is 286 g/mol. The molecule has 0 aliphatic heterocycles. The molecule has 112 valence electrons.